The Morgan fingerprint density at radius 3 is 1.83 bits per heavy atom. The van der Waals surface area contributed by atoms with Gasteiger partial charge in [0.05, 0.1) is 57.6 Å². The topological polar surface area (TPSA) is 61.8 Å². The van der Waals surface area contributed by atoms with Crippen LogP contribution in [0.4, 0.5) is 5.69 Å². The van der Waals surface area contributed by atoms with Gasteiger partial charge in [-0.05, 0) is 70.3 Å². The zero-order chi connectivity index (χ0) is 36.0. The first kappa shape index (κ1) is 30.4. The van der Waals surface area contributed by atoms with Crippen molar-refractivity contribution in [2.45, 2.75) is 19.3 Å². The minimum Gasteiger partial charge on any atom is -0.319 e. The minimum absolute atomic E-state index is 0.108. The van der Waals surface area contributed by atoms with Gasteiger partial charge < -0.3 is 9.13 Å². The van der Waals surface area contributed by atoms with E-state index in [0.29, 0.717) is 22.4 Å². The maximum absolute atomic E-state index is 10.7. The van der Waals surface area contributed by atoms with E-state index in [1.54, 1.807) is 6.07 Å². The van der Waals surface area contributed by atoms with Gasteiger partial charge in [0.2, 0.25) is 5.69 Å². The lowest BCUT2D eigenvalue weighted by Crippen LogP contribution is -2.14. The molecule has 1 aliphatic rings. The Labute approximate surface area is 306 Å². The molecule has 53 heavy (non-hydrogen) atoms. The first-order valence-electron chi connectivity index (χ1n) is 17.6. The number of fused-ring (bicyclic) bond motifs is 10. The molecule has 0 saturated heterocycles. The van der Waals surface area contributed by atoms with Crippen LogP contribution in [0.5, 0.6) is 0 Å². The van der Waals surface area contributed by atoms with Gasteiger partial charge in [0.15, 0.2) is 0 Å². The summed E-state index contributed by atoms with van der Waals surface area (Å²) in [6.07, 6.45) is 0. The molecular formula is C48H29N5. The van der Waals surface area contributed by atoms with Crippen LogP contribution in [0.15, 0.2) is 140 Å². The van der Waals surface area contributed by atoms with Crippen molar-refractivity contribution in [3.8, 4) is 45.8 Å². The summed E-state index contributed by atoms with van der Waals surface area (Å²) >= 11 is 0. The molecule has 1 aliphatic carbocycles. The molecule has 5 nitrogen and oxygen atoms in total. The normalized spacial score (nSPS) is 12.8. The summed E-state index contributed by atoms with van der Waals surface area (Å²) in [5.41, 5.74) is 12.6. The average Bonchev–Trinajstić information content (AvgIpc) is 3.80. The van der Waals surface area contributed by atoms with Crippen molar-refractivity contribution in [2.24, 2.45) is 0 Å². The lowest BCUT2D eigenvalue weighted by Gasteiger charge is -2.21. The third-order valence-electron chi connectivity index (χ3n) is 11.2. The van der Waals surface area contributed by atoms with Crippen LogP contribution in [0.1, 0.15) is 36.1 Å². The number of nitriles is 2. The van der Waals surface area contributed by atoms with E-state index in [9.17, 15) is 10.5 Å². The molecule has 0 spiro atoms. The Bertz CT molecular complexity index is 3120. The molecule has 2 aromatic heterocycles. The molecule has 0 fully saturated rings. The second kappa shape index (κ2) is 11.1. The van der Waals surface area contributed by atoms with Crippen molar-refractivity contribution < 1.29 is 0 Å². The van der Waals surface area contributed by atoms with Crippen LogP contribution >= 0.6 is 0 Å². The average molecular weight is 676 g/mol. The zero-order valence-electron chi connectivity index (χ0n) is 29.0. The third-order valence-corrected chi connectivity index (χ3v) is 11.2. The molecule has 0 atom stereocenters. The maximum Gasteiger partial charge on any atom is 0.228 e. The predicted octanol–water partition coefficient (Wildman–Crippen LogP) is 12.1. The lowest BCUT2D eigenvalue weighted by molar-refractivity contribution is 0.661. The van der Waals surface area contributed by atoms with E-state index in [1.807, 2.05) is 65.2 Å². The quantitative estimate of drug-likeness (QED) is 0.175. The van der Waals surface area contributed by atoms with Crippen LogP contribution in [0, 0.1) is 29.2 Å². The van der Waals surface area contributed by atoms with Crippen LogP contribution in [-0.4, -0.2) is 9.13 Å². The first-order chi connectivity index (χ1) is 26.0. The highest BCUT2D eigenvalue weighted by Crippen LogP contribution is 2.53. The summed E-state index contributed by atoms with van der Waals surface area (Å²) < 4.78 is 4.31. The van der Waals surface area contributed by atoms with Crippen molar-refractivity contribution >= 4 is 49.3 Å². The summed E-state index contributed by atoms with van der Waals surface area (Å²) in [7, 11) is 0. The SMILES string of the molecule is [C-]#[N+]c1c(-n2c3ccccc3c3ccccc32)cc(C#N)c(-c2ccc(-n3c4ccccc4c4c5c(ccc43)C(C)(C)c3ccccc3-5)cc2)c1C#N. The Morgan fingerprint density at radius 1 is 0.585 bits per heavy atom. The van der Waals surface area contributed by atoms with Gasteiger partial charge in [-0.1, -0.05) is 111 Å². The van der Waals surface area contributed by atoms with Crippen LogP contribution in [0.3, 0.4) is 0 Å². The monoisotopic (exact) mass is 675 g/mol. The third kappa shape index (κ3) is 4.04. The van der Waals surface area contributed by atoms with Gasteiger partial charge in [-0.15, -0.1) is 0 Å². The molecule has 0 radical (unpaired) electrons. The Morgan fingerprint density at radius 2 is 1.19 bits per heavy atom. The van der Waals surface area contributed by atoms with Gasteiger partial charge in [-0.25, -0.2) is 4.85 Å². The largest absolute Gasteiger partial charge is 0.319 e. The van der Waals surface area contributed by atoms with Gasteiger partial charge >= 0.3 is 0 Å². The fourth-order valence-electron chi connectivity index (χ4n) is 8.93. The van der Waals surface area contributed by atoms with E-state index in [-0.39, 0.29) is 16.7 Å². The van der Waals surface area contributed by atoms with Crippen LogP contribution in [-0.2, 0) is 5.41 Å². The molecule has 0 saturated carbocycles. The van der Waals surface area contributed by atoms with Crippen LogP contribution < -0.4 is 0 Å². The molecule has 0 N–H and O–H groups in total. The smallest absolute Gasteiger partial charge is 0.228 e. The fourth-order valence-corrected chi connectivity index (χ4v) is 8.93. The Balaban J connectivity index is 1.17. The van der Waals surface area contributed by atoms with Crippen molar-refractivity contribution in [3.63, 3.8) is 0 Å². The van der Waals surface area contributed by atoms with E-state index < -0.39 is 0 Å². The fraction of sp³-hybridized carbons (Fsp3) is 0.0625. The molecule has 7 aromatic carbocycles. The standard InChI is InChI=1S/C48H29N5/c1-48(2)37-16-8-4-14-34(37)45-38(48)24-25-42-46(45)35-15-7-11-19-41(35)52(42)31-22-20-29(21-23-31)44-30(27-49)26-43(47(51-3)36(44)28-50)53-39-17-9-5-12-32(39)33-13-6-10-18-40(33)53/h4-26H,1-2H3. The molecule has 9 aromatic rings. The van der Waals surface area contributed by atoms with Gasteiger partial charge in [0.1, 0.15) is 0 Å². The number of hydrogen-bond acceptors (Lipinski definition) is 2. The Hall–Kier alpha value is -7.39. The predicted molar refractivity (Wildman–Crippen MR) is 214 cm³/mol. The highest BCUT2D eigenvalue weighted by atomic mass is 15.0. The van der Waals surface area contributed by atoms with E-state index in [0.717, 1.165) is 38.5 Å². The summed E-state index contributed by atoms with van der Waals surface area (Å²) in [4.78, 5) is 3.95. The van der Waals surface area contributed by atoms with E-state index in [1.165, 1.54) is 33.0 Å². The van der Waals surface area contributed by atoms with E-state index >= 15 is 0 Å². The van der Waals surface area contributed by atoms with Crippen LogP contribution in [0.2, 0.25) is 0 Å². The molecule has 0 unspecified atom stereocenters. The van der Waals surface area contributed by atoms with Crippen molar-refractivity contribution in [1.82, 2.24) is 9.13 Å². The highest BCUT2D eigenvalue weighted by molar-refractivity contribution is 6.18. The number of nitrogens with zero attached hydrogens (tertiary/aromatic N) is 5. The lowest BCUT2D eigenvalue weighted by atomic mass is 9.82. The Kier molecular flexibility index (Phi) is 6.35. The second-order valence-corrected chi connectivity index (χ2v) is 14.2. The zero-order valence-corrected chi connectivity index (χ0v) is 29.0. The van der Waals surface area contributed by atoms with Gasteiger partial charge in [-0.2, -0.15) is 10.5 Å². The molecule has 0 bridgehead atoms. The molecule has 5 heteroatoms. The number of aromatic nitrogens is 2. The summed E-state index contributed by atoms with van der Waals surface area (Å²) in [6, 6.07) is 52.4. The van der Waals surface area contributed by atoms with Gasteiger partial charge in [-0.3, -0.25) is 0 Å². The summed E-state index contributed by atoms with van der Waals surface area (Å²) in [6.45, 7) is 12.9. The highest BCUT2D eigenvalue weighted by Gasteiger charge is 2.37. The number of rotatable bonds is 3. The van der Waals surface area contributed by atoms with Crippen LogP contribution in [0.25, 0.3) is 82.1 Å². The van der Waals surface area contributed by atoms with Crippen molar-refractivity contribution in [3.05, 3.63) is 173 Å². The molecule has 246 valence electrons. The molecule has 0 amide bonds. The van der Waals surface area contributed by atoms with Gasteiger partial charge in [0.25, 0.3) is 0 Å². The number of hydrogen-bond donors (Lipinski definition) is 0. The van der Waals surface area contributed by atoms with Crippen molar-refractivity contribution in [2.75, 3.05) is 0 Å². The molecule has 10 rings (SSSR count). The maximum atomic E-state index is 10.7. The molecule has 0 aliphatic heterocycles. The first-order valence-corrected chi connectivity index (χ1v) is 17.6. The van der Waals surface area contributed by atoms with Crippen molar-refractivity contribution in [1.29, 1.82) is 10.5 Å². The van der Waals surface area contributed by atoms with Gasteiger partial charge in [0, 0.05) is 38.2 Å². The minimum atomic E-state index is -0.108. The molecule has 2 heterocycles. The summed E-state index contributed by atoms with van der Waals surface area (Å²) in [5, 5.41) is 25.8. The number of benzene rings is 7. The van der Waals surface area contributed by atoms with E-state index in [2.05, 4.69) is 108 Å². The summed E-state index contributed by atoms with van der Waals surface area (Å²) in [5.74, 6) is 0. The number of para-hydroxylation sites is 3. The van der Waals surface area contributed by atoms with E-state index in [4.69, 9.17) is 6.57 Å². The molecular weight excluding hydrogens is 647 g/mol. The second-order valence-electron chi connectivity index (χ2n) is 14.2.